The number of H-pyrrole nitrogens is 2. The molecular formula is C27H33N3O4. The number of aromatic nitrogens is 2. The second kappa shape index (κ2) is 12.6. The summed E-state index contributed by atoms with van der Waals surface area (Å²) in [5.41, 5.74) is 0.850. The Labute approximate surface area is 199 Å². The molecule has 1 heterocycles. The first-order valence-corrected chi connectivity index (χ1v) is 11.6. The number of nitrogens with zero attached hydrogens (tertiary/aromatic N) is 1. The smallest absolute Gasteiger partial charge is 0.272 e. The first-order valence-electron chi connectivity index (χ1n) is 11.6. The first-order chi connectivity index (χ1) is 16.4. The Hall–Kier alpha value is -3.58. The van der Waals surface area contributed by atoms with Gasteiger partial charge in [-0.15, -0.1) is 0 Å². The standard InChI is InChI=1S/C27H33N3O4/c1-4-5-16-33-22-11-7-20(8-12-22)18-24-26(31)29-25(27(32)28-24)19-21-9-13-23(14-10-21)34-17-6-15-30(2)3/h7-14,18-19H,4-6,15-17H2,1-3H3,(H,28,32)(H,29,31). The summed E-state index contributed by atoms with van der Waals surface area (Å²) in [6.45, 7) is 4.40. The molecule has 7 nitrogen and oxygen atoms in total. The molecule has 0 aliphatic heterocycles. The zero-order valence-corrected chi connectivity index (χ0v) is 20.1. The lowest BCUT2D eigenvalue weighted by Gasteiger charge is -2.10. The number of nitrogens with one attached hydrogen (secondary N) is 2. The highest BCUT2D eigenvalue weighted by atomic mass is 16.5. The van der Waals surface area contributed by atoms with E-state index in [4.69, 9.17) is 9.47 Å². The molecule has 0 aliphatic rings. The Balaban J connectivity index is 1.72. The number of unbranched alkanes of at least 4 members (excludes halogenated alkanes) is 1. The zero-order chi connectivity index (χ0) is 24.3. The molecule has 0 unspecified atom stereocenters. The Morgan fingerprint density at radius 3 is 1.59 bits per heavy atom. The number of ether oxygens (including phenoxy) is 2. The molecule has 3 rings (SSSR count). The third-order valence-corrected chi connectivity index (χ3v) is 5.15. The molecule has 2 N–H and O–H groups in total. The van der Waals surface area contributed by atoms with Gasteiger partial charge in [0.1, 0.15) is 22.2 Å². The first kappa shape index (κ1) is 25.1. The fourth-order valence-electron chi connectivity index (χ4n) is 3.26. The number of rotatable bonds is 11. The second-order valence-electron chi connectivity index (χ2n) is 8.37. The quantitative estimate of drug-likeness (QED) is 0.426. The minimum absolute atomic E-state index is 0.196. The van der Waals surface area contributed by atoms with E-state index in [1.807, 2.05) is 62.6 Å². The normalized spacial score (nSPS) is 12.4. The van der Waals surface area contributed by atoms with Crippen LogP contribution in [0.1, 0.15) is 37.3 Å². The zero-order valence-electron chi connectivity index (χ0n) is 20.1. The van der Waals surface area contributed by atoms with Gasteiger partial charge in [-0.2, -0.15) is 0 Å². The van der Waals surface area contributed by atoms with Crippen molar-refractivity contribution < 1.29 is 9.47 Å². The van der Waals surface area contributed by atoms with E-state index in [-0.39, 0.29) is 21.8 Å². The van der Waals surface area contributed by atoms with Crippen LogP contribution in [0.15, 0.2) is 58.1 Å². The van der Waals surface area contributed by atoms with Crippen LogP contribution in [-0.4, -0.2) is 48.7 Å². The molecule has 0 radical (unpaired) electrons. The van der Waals surface area contributed by atoms with E-state index in [2.05, 4.69) is 21.8 Å². The summed E-state index contributed by atoms with van der Waals surface area (Å²) < 4.78 is 11.4. The lowest BCUT2D eigenvalue weighted by atomic mass is 10.2. The molecule has 2 aromatic carbocycles. The van der Waals surface area contributed by atoms with Crippen LogP contribution in [0.3, 0.4) is 0 Å². The molecule has 180 valence electrons. The van der Waals surface area contributed by atoms with Crippen LogP contribution in [0.2, 0.25) is 0 Å². The average Bonchev–Trinajstić information content (AvgIpc) is 2.82. The highest BCUT2D eigenvalue weighted by Gasteiger charge is 2.00. The van der Waals surface area contributed by atoms with E-state index in [9.17, 15) is 9.59 Å². The van der Waals surface area contributed by atoms with Crippen molar-refractivity contribution in [1.29, 1.82) is 0 Å². The van der Waals surface area contributed by atoms with Crippen LogP contribution in [0.5, 0.6) is 11.5 Å². The van der Waals surface area contributed by atoms with Crippen molar-refractivity contribution in [1.82, 2.24) is 14.9 Å². The van der Waals surface area contributed by atoms with Crippen LogP contribution in [0, 0.1) is 0 Å². The number of benzene rings is 2. The Morgan fingerprint density at radius 2 is 1.18 bits per heavy atom. The molecule has 0 atom stereocenters. The van der Waals surface area contributed by atoms with Gasteiger partial charge in [0, 0.05) is 6.54 Å². The van der Waals surface area contributed by atoms with Crippen molar-refractivity contribution >= 4 is 12.2 Å². The van der Waals surface area contributed by atoms with Crippen molar-refractivity contribution in [3.8, 4) is 11.5 Å². The molecule has 34 heavy (non-hydrogen) atoms. The highest BCUT2D eigenvalue weighted by molar-refractivity contribution is 5.51. The highest BCUT2D eigenvalue weighted by Crippen LogP contribution is 2.13. The molecule has 0 saturated heterocycles. The van der Waals surface area contributed by atoms with Gasteiger partial charge in [-0.05, 0) is 74.5 Å². The van der Waals surface area contributed by atoms with Gasteiger partial charge in [0.25, 0.3) is 11.1 Å². The van der Waals surface area contributed by atoms with Crippen molar-refractivity contribution in [2.24, 2.45) is 0 Å². The molecule has 0 amide bonds. The maximum atomic E-state index is 12.6. The lowest BCUT2D eigenvalue weighted by Crippen LogP contribution is -2.46. The van der Waals surface area contributed by atoms with Gasteiger partial charge in [0.2, 0.25) is 0 Å². The molecule has 0 aliphatic carbocycles. The monoisotopic (exact) mass is 463 g/mol. The summed E-state index contributed by atoms with van der Waals surface area (Å²) in [5.74, 6) is 1.55. The van der Waals surface area contributed by atoms with Crippen LogP contribution < -0.4 is 31.3 Å². The number of hydrogen-bond donors (Lipinski definition) is 2. The summed E-state index contributed by atoms with van der Waals surface area (Å²) in [7, 11) is 4.06. The van der Waals surface area contributed by atoms with Crippen molar-refractivity contribution in [3.63, 3.8) is 0 Å². The fourth-order valence-corrected chi connectivity index (χ4v) is 3.26. The fraction of sp³-hybridized carbons (Fsp3) is 0.333. The Kier molecular flexibility index (Phi) is 9.29. The maximum Gasteiger partial charge on any atom is 0.272 e. The van der Waals surface area contributed by atoms with Crippen LogP contribution in [0.4, 0.5) is 0 Å². The Morgan fingerprint density at radius 1 is 0.735 bits per heavy atom. The second-order valence-corrected chi connectivity index (χ2v) is 8.37. The molecule has 0 bridgehead atoms. The van der Waals surface area contributed by atoms with Gasteiger partial charge in [-0.1, -0.05) is 37.6 Å². The van der Waals surface area contributed by atoms with Gasteiger partial charge in [-0.3, -0.25) is 9.59 Å². The SMILES string of the molecule is CCCCOc1ccc(C=c2[nH]c(=O)c(=Cc3ccc(OCCCN(C)C)cc3)[nH]c2=O)cc1. The molecule has 0 spiro atoms. The van der Waals surface area contributed by atoms with E-state index < -0.39 is 0 Å². The Bertz CT molecular complexity index is 1270. The van der Waals surface area contributed by atoms with Gasteiger partial charge in [-0.25, -0.2) is 0 Å². The van der Waals surface area contributed by atoms with Gasteiger partial charge in [0.15, 0.2) is 0 Å². The minimum Gasteiger partial charge on any atom is -0.494 e. The third kappa shape index (κ3) is 7.78. The van der Waals surface area contributed by atoms with Gasteiger partial charge in [0.05, 0.1) is 13.2 Å². The molecule has 0 saturated carbocycles. The summed E-state index contributed by atoms with van der Waals surface area (Å²) >= 11 is 0. The van der Waals surface area contributed by atoms with Crippen LogP contribution >= 0.6 is 0 Å². The van der Waals surface area contributed by atoms with Crippen molar-refractivity contribution in [3.05, 3.63) is 91.1 Å². The van der Waals surface area contributed by atoms with Crippen LogP contribution in [0.25, 0.3) is 12.2 Å². The van der Waals surface area contributed by atoms with Gasteiger partial charge >= 0.3 is 0 Å². The van der Waals surface area contributed by atoms with E-state index in [1.54, 1.807) is 12.2 Å². The van der Waals surface area contributed by atoms with E-state index in [1.165, 1.54) is 0 Å². The minimum atomic E-state index is -0.366. The molecule has 7 heteroatoms. The average molecular weight is 464 g/mol. The predicted molar refractivity (Wildman–Crippen MR) is 136 cm³/mol. The van der Waals surface area contributed by atoms with E-state index in [0.29, 0.717) is 13.2 Å². The predicted octanol–water partition coefficient (Wildman–Crippen LogP) is 2.23. The van der Waals surface area contributed by atoms with E-state index in [0.717, 1.165) is 48.4 Å². The largest absolute Gasteiger partial charge is 0.494 e. The van der Waals surface area contributed by atoms with Crippen LogP contribution in [-0.2, 0) is 0 Å². The summed E-state index contributed by atoms with van der Waals surface area (Å²) in [6.07, 6.45) is 6.30. The summed E-state index contributed by atoms with van der Waals surface area (Å²) in [5, 5.41) is 0.393. The lowest BCUT2D eigenvalue weighted by molar-refractivity contribution is 0.281. The molecule has 3 aromatic rings. The van der Waals surface area contributed by atoms with Crippen molar-refractivity contribution in [2.45, 2.75) is 26.2 Å². The third-order valence-electron chi connectivity index (χ3n) is 5.15. The number of aromatic amines is 2. The topological polar surface area (TPSA) is 87.4 Å². The molecular weight excluding hydrogens is 430 g/mol. The van der Waals surface area contributed by atoms with Gasteiger partial charge < -0.3 is 24.3 Å². The summed E-state index contributed by atoms with van der Waals surface area (Å²) in [4.78, 5) is 32.6. The molecule has 0 fully saturated rings. The number of hydrogen-bond acceptors (Lipinski definition) is 5. The molecule has 1 aromatic heterocycles. The summed E-state index contributed by atoms with van der Waals surface area (Å²) in [6, 6.07) is 14.8. The van der Waals surface area contributed by atoms with Crippen molar-refractivity contribution in [2.75, 3.05) is 33.9 Å². The van der Waals surface area contributed by atoms with E-state index >= 15 is 0 Å². The maximum absolute atomic E-state index is 12.6.